The van der Waals surface area contributed by atoms with Crippen LogP contribution in [0.1, 0.15) is 17.7 Å². The van der Waals surface area contributed by atoms with Crippen LogP contribution in [0.2, 0.25) is 0 Å². The van der Waals surface area contributed by atoms with Crippen LogP contribution in [-0.2, 0) is 6.54 Å². The largest absolute Gasteiger partial charge is 0.468 e. The van der Waals surface area contributed by atoms with E-state index in [9.17, 15) is 0 Å². The number of furan rings is 1. The summed E-state index contributed by atoms with van der Waals surface area (Å²) in [7, 11) is 2.20. The first-order valence-corrected chi connectivity index (χ1v) is 6.90. The summed E-state index contributed by atoms with van der Waals surface area (Å²) in [5, 5.41) is 3.45. The highest BCUT2D eigenvalue weighted by Crippen LogP contribution is 2.07. The third-order valence-electron chi connectivity index (χ3n) is 3.68. The summed E-state index contributed by atoms with van der Waals surface area (Å²) in [6.07, 6.45) is 2.97. The minimum Gasteiger partial charge on any atom is -0.468 e. The molecule has 0 spiro atoms. The van der Waals surface area contributed by atoms with E-state index in [-0.39, 0.29) is 0 Å². The molecule has 4 heteroatoms. The maximum Gasteiger partial charge on any atom is 0.120 e. The Kier molecular flexibility index (Phi) is 5.23. The molecule has 0 aliphatic carbocycles. The molecule has 2 heterocycles. The highest BCUT2D eigenvalue weighted by atomic mass is 16.3. The van der Waals surface area contributed by atoms with Crippen LogP contribution in [-0.4, -0.2) is 56.1 Å². The lowest BCUT2D eigenvalue weighted by molar-refractivity contribution is 0.152. The minimum absolute atomic E-state index is 0.849. The topological polar surface area (TPSA) is 31.7 Å². The number of likely N-dealkylation sites (N-methyl/N-ethyl adjacent to an activating group) is 1. The highest BCUT2D eigenvalue weighted by molar-refractivity contribution is 5.13. The van der Waals surface area contributed by atoms with Gasteiger partial charge in [0.2, 0.25) is 0 Å². The van der Waals surface area contributed by atoms with Crippen molar-refractivity contribution in [2.24, 2.45) is 0 Å². The van der Waals surface area contributed by atoms with E-state index in [4.69, 9.17) is 4.42 Å². The fourth-order valence-electron chi connectivity index (χ4n) is 2.29. The Morgan fingerprint density at radius 2 is 2.06 bits per heavy atom. The molecule has 1 N–H and O–H groups in total. The zero-order valence-corrected chi connectivity index (χ0v) is 11.6. The predicted molar refractivity (Wildman–Crippen MR) is 73.7 cm³/mol. The van der Waals surface area contributed by atoms with Crippen LogP contribution in [0.25, 0.3) is 0 Å². The van der Waals surface area contributed by atoms with Gasteiger partial charge in [-0.15, -0.1) is 0 Å². The maximum atomic E-state index is 5.39. The van der Waals surface area contributed by atoms with Crippen LogP contribution in [0.4, 0.5) is 0 Å². The molecule has 0 aromatic carbocycles. The van der Waals surface area contributed by atoms with Crippen LogP contribution in [0.15, 0.2) is 16.7 Å². The number of hydrogen-bond acceptors (Lipinski definition) is 4. The molecule has 1 aromatic rings. The Morgan fingerprint density at radius 3 is 2.72 bits per heavy atom. The number of rotatable bonds is 6. The first-order chi connectivity index (χ1) is 8.75. The van der Waals surface area contributed by atoms with Crippen LogP contribution >= 0.6 is 0 Å². The smallest absolute Gasteiger partial charge is 0.120 e. The third kappa shape index (κ3) is 4.12. The predicted octanol–water partition coefficient (Wildman–Crippen LogP) is 1.32. The summed E-state index contributed by atoms with van der Waals surface area (Å²) in [5.41, 5.74) is 1.24. The lowest BCUT2D eigenvalue weighted by Gasteiger charge is -2.32. The van der Waals surface area contributed by atoms with Crippen molar-refractivity contribution >= 4 is 0 Å². The molecule has 1 aliphatic rings. The van der Waals surface area contributed by atoms with Crippen LogP contribution in [0.3, 0.4) is 0 Å². The van der Waals surface area contributed by atoms with E-state index >= 15 is 0 Å². The van der Waals surface area contributed by atoms with Gasteiger partial charge in [0, 0.05) is 26.2 Å². The van der Waals surface area contributed by atoms with Crippen molar-refractivity contribution in [1.82, 2.24) is 15.1 Å². The normalized spacial score (nSPS) is 18.3. The first kappa shape index (κ1) is 13.6. The molecule has 0 radical (unpaired) electrons. The molecule has 2 rings (SSSR count). The molecule has 0 amide bonds. The summed E-state index contributed by atoms with van der Waals surface area (Å²) in [6.45, 7) is 10.1. The Bertz CT molecular complexity index is 343. The van der Waals surface area contributed by atoms with Gasteiger partial charge in [0.25, 0.3) is 0 Å². The Balaban J connectivity index is 1.53. The van der Waals surface area contributed by atoms with Gasteiger partial charge in [-0.1, -0.05) is 0 Å². The van der Waals surface area contributed by atoms with Crippen molar-refractivity contribution in [3.63, 3.8) is 0 Å². The molecule has 1 aromatic heterocycles. The quantitative estimate of drug-likeness (QED) is 0.773. The maximum absolute atomic E-state index is 5.39. The van der Waals surface area contributed by atoms with Gasteiger partial charge in [0.1, 0.15) is 5.76 Å². The van der Waals surface area contributed by atoms with Crippen molar-refractivity contribution in [1.29, 1.82) is 0 Å². The van der Waals surface area contributed by atoms with Gasteiger partial charge in [-0.3, -0.25) is 0 Å². The van der Waals surface area contributed by atoms with Gasteiger partial charge >= 0.3 is 0 Å². The van der Waals surface area contributed by atoms with E-state index in [1.54, 1.807) is 6.26 Å². The Hall–Kier alpha value is -0.840. The lowest BCUT2D eigenvalue weighted by Crippen LogP contribution is -2.45. The minimum atomic E-state index is 0.849. The molecule has 0 unspecified atom stereocenters. The molecular formula is C14H25N3O. The lowest BCUT2D eigenvalue weighted by atomic mass is 10.2. The van der Waals surface area contributed by atoms with Crippen molar-refractivity contribution < 1.29 is 4.42 Å². The average molecular weight is 251 g/mol. The SMILES string of the molecule is Cc1ccoc1CNCCCN1CCN(C)CC1. The van der Waals surface area contributed by atoms with Crippen LogP contribution in [0.5, 0.6) is 0 Å². The standard InChI is InChI=1S/C14H25N3O/c1-13-4-11-18-14(13)12-15-5-3-6-17-9-7-16(2)8-10-17/h4,11,15H,3,5-10,12H2,1-2H3. The van der Waals surface area contributed by atoms with Crippen molar-refractivity contribution in [3.8, 4) is 0 Å². The summed E-state index contributed by atoms with van der Waals surface area (Å²) >= 11 is 0. The number of aryl methyl sites for hydroxylation is 1. The monoisotopic (exact) mass is 251 g/mol. The van der Waals surface area contributed by atoms with Crippen LogP contribution < -0.4 is 5.32 Å². The fourth-order valence-corrected chi connectivity index (χ4v) is 2.29. The number of piperazine rings is 1. The second-order valence-corrected chi connectivity index (χ2v) is 5.20. The third-order valence-corrected chi connectivity index (χ3v) is 3.68. The zero-order chi connectivity index (χ0) is 12.8. The van der Waals surface area contributed by atoms with Crippen molar-refractivity contribution in [3.05, 3.63) is 23.7 Å². The Morgan fingerprint density at radius 1 is 1.28 bits per heavy atom. The number of nitrogens with zero attached hydrogens (tertiary/aromatic N) is 2. The fraction of sp³-hybridized carbons (Fsp3) is 0.714. The molecule has 102 valence electrons. The number of hydrogen-bond donors (Lipinski definition) is 1. The molecule has 1 aliphatic heterocycles. The summed E-state index contributed by atoms with van der Waals surface area (Å²) in [5.74, 6) is 1.06. The Labute approximate surface area is 110 Å². The molecule has 4 nitrogen and oxygen atoms in total. The molecular weight excluding hydrogens is 226 g/mol. The highest BCUT2D eigenvalue weighted by Gasteiger charge is 2.12. The van der Waals surface area contributed by atoms with Gasteiger partial charge in [0.15, 0.2) is 0 Å². The van der Waals surface area contributed by atoms with Crippen molar-refractivity contribution in [2.45, 2.75) is 19.9 Å². The second-order valence-electron chi connectivity index (χ2n) is 5.20. The van der Waals surface area contributed by atoms with Gasteiger partial charge < -0.3 is 19.5 Å². The first-order valence-electron chi connectivity index (χ1n) is 6.90. The molecule has 0 atom stereocenters. The molecule has 0 saturated carbocycles. The average Bonchev–Trinajstić information content (AvgIpc) is 2.77. The second kappa shape index (κ2) is 6.92. The van der Waals surface area contributed by atoms with Crippen molar-refractivity contribution in [2.75, 3.05) is 46.3 Å². The van der Waals surface area contributed by atoms with E-state index in [2.05, 4.69) is 29.1 Å². The van der Waals surface area contributed by atoms with E-state index in [1.807, 2.05) is 6.07 Å². The van der Waals surface area contributed by atoms with Gasteiger partial charge in [-0.05, 0) is 45.1 Å². The summed E-state index contributed by atoms with van der Waals surface area (Å²) in [6, 6.07) is 2.02. The molecule has 18 heavy (non-hydrogen) atoms. The van der Waals surface area contributed by atoms with Gasteiger partial charge in [-0.2, -0.15) is 0 Å². The van der Waals surface area contributed by atoms with E-state index in [0.29, 0.717) is 0 Å². The molecule has 0 bridgehead atoms. The summed E-state index contributed by atoms with van der Waals surface area (Å²) in [4.78, 5) is 4.95. The van der Waals surface area contributed by atoms with E-state index in [0.717, 1.165) is 18.8 Å². The molecule has 1 saturated heterocycles. The molecule has 1 fully saturated rings. The van der Waals surface area contributed by atoms with Gasteiger partial charge in [-0.25, -0.2) is 0 Å². The summed E-state index contributed by atoms with van der Waals surface area (Å²) < 4.78 is 5.39. The van der Waals surface area contributed by atoms with E-state index < -0.39 is 0 Å². The van der Waals surface area contributed by atoms with Gasteiger partial charge in [0.05, 0.1) is 12.8 Å². The number of nitrogens with one attached hydrogen (secondary N) is 1. The zero-order valence-electron chi connectivity index (χ0n) is 11.6. The van der Waals surface area contributed by atoms with E-state index in [1.165, 1.54) is 44.7 Å². The van der Waals surface area contributed by atoms with Crippen LogP contribution in [0, 0.1) is 6.92 Å².